The fraction of sp³-hybridized carbons (Fsp3) is 0.240. The number of rotatable bonds is 9. The summed E-state index contributed by atoms with van der Waals surface area (Å²) < 4.78 is 0. The molecule has 10 nitrogen and oxygen atoms in total. The van der Waals surface area contributed by atoms with Gasteiger partial charge < -0.3 is 37.0 Å². The molecule has 1 aliphatic rings. The van der Waals surface area contributed by atoms with Gasteiger partial charge in [0, 0.05) is 67.2 Å². The quantitative estimate of drug-likeness (QED) is 0.204. The zero-order valence-corrected chi connectivity index (χ0v) is 19.4. The number of nitrogens with zero attached hydrogens (tertiary/aromatic N) is 3. The van der Waals surface area contributed by atoms with Crippen molar-refractivity contribution in [2.75, 3.05) is 54.0 Å². The van der Waals surface area contributed by atoms with Crippen molar-refractivity contribution in [2.45, 2.75) is 6.61 Å². The van der Waals surface area contributed by atoms with Crippen LogP contribution >= 0.6 is 0 Å². The van der Waals surface area contributed by atoms with E-state index in [9.17, 15) is 9.90 Å². The van der Waals surface area contributed by atoms with Gasteiger partial charge in [0.15, 0.2) is 0 Å². The molecule has 1 aliphatic heterocycles. The Balaban J connectivity index is 1.60. The van der Waals surface area contributed by atoms with Gasteiger partial charge in [-0.25, -0.2) is 4.98 Å². The molecule has 1 amide bonds. The lowest BCUT2D eigenvalue weighted by atomic mass is 10.1. The second kappa shape index (κ2) is 11.3. The second-order valence-electron chi connectivity index (χ2n) is 8.07. The predicted octanol–water partition coefficient (Wildman–Crippen LogP) is 2.36. The van der Waals surface area contributed by atoms with E-state index in [2.05, 4.69) is 42.7 Å². The lowest BCUT2D eigenvalue weighted by Crippen LogP contribution is -2.43. The van der Waals surface area contributed by atoms with Gasteiger partial charge in [-0.05, 0) is 36.4 Å². The number of hydrogen-bond acceptors (Lipinski definition) is 9. The summed E-state index contributed by atoms with van der Waals surface area (Å²) in [5.74, 6) is 0.302. The first-order valence-corrected chi connectivity index (χ1v) is 11.4. The number of aliphatic hydroxyl groups is 1. The Morgan fingerprint density at radius 2 is 1.97 bits per heavy atom. The lowest BCUT2D eigenvalue weighted by molar-refractivity contribution is 0.0958. The molecule has 0 saturated carbocycles. The Hall–Kier alpha value is -4.15. The molecule has 1 saturated heterocycles. The molecule has 0 atom stereocenters. The molecule has 182 valence electrons. The van der Waals surface area contributed by atoms with Crippen molar-refractivity contribution < 1.29 is 9.90 Å². The van der Waals surface area contributed by atoms with E-state index in [1.807, 2.05) is 30.3 Å². The summed E-state index contributed by atoms with van der Waals surface area (Å²) in [6.45, 7) is 7.46. The number of nitrogens with two attached hydrogens (primary N) is 1. The van der Waals surface area contributed by atoms with Crippen LogP contribution in [0, 0.1) is 0 Å². The standard InChI is InChI=1S/C25H30N8O2/c1-2-8-28-24(35)21-15-29-25(32-23(21)30-19-5-3-4-18(26)14-19)31-20-6-7-22(17(13-20)16-34)33-11-9-27-10-12-33/h2-7,13-15,27,34H,1,8-12,16,26H2,(H,28,35)(H2,29,30,31,32). The SMILES string of the molecule is C=CCNC(=O)c1cnc(Nc2ccc(N3CCNCC3)c(CO)c2)nc1Nc1cccc(N)c1. The molecule has 2 heterocycles. The minimum Gasteiger partial charge on any atom is -0.399 e. The van der Waals surface area contributed by atoms with E-state index in [0.29, 0.717) is 29.7 Å². The minimum atomic E-state index is -0.328. The van der Waals surface area contributed by atoms with Crippen LogP contribution < -0.4 is 31.9 Å². The predicted molar refractivity (Wildman–Crippen MR) is 139 cm³/mol. The van der Waals surface area contributed by atoms with Crippen LogP contribution in [0.25, 0.3) is 0 Å². The van der Waals surface area contributed by atoms with Crippen LogP contribution in [0.15, 0.2) is 61.3 Å². The molecule has 0 spiro atoms. The number of carbonyl (C=O) groups is 1. The Kier molecular flexibility index (Phi) is 7.76. The van der Waals surface area contributed by atoms with Crippen LogP contribution in [0.2, 0.25) is 0 Å². The molecule has 0 unspecified atom stereocenters. The van der Waals surface area contributed by atoms with Crippen molar-refractivity contribution >= 4 is 40.4 Å². The van der Waals surface area contributed by atoms with Crippen molar-refractivity contribution in [3.05, 3.63) is 72.4 Å². The maximum atomic E-state index is 12.7. The van der Waals surface area contributed by atoms with Gasteiger partial charge in [-0.2, -0.15) is 4.98 Å². The lowest BCUT2D eigenvalue weighted by Gasteiger charge is -2.31. The van der Waals surface area contributed by atoms with Gasteiger partial charge >= 0.3 is 0 Å². The maximum Gasteiger partial charge on any atom is 0.256 e. The molecule has 4 rings (SSSR count). The zero-order valence-electron chi connectivity index (χ0n) is 19.4. The molecule has 1 aromatic heterocycles. The zero-order chi connectivity index (χ0) is 24.6. The van der Waals surface area contributed by atoms with Gasteiger partial charge in [0.1, 0.15) is 11.4 Å². The van der Waals surface area contributed by atoms with E-state index in [1.54, 1.807) is 18.2 Å². The molecule has 35 heavy (non-hydrogen) atoms. The Labute approximate surface area is 204 Å². The van der Waals surface area contributed by atoms with Crippen LogP contribution in [-0.4, -0.2) is 53.7 Å². The molecule has 1 fully saturated rings. The minimum absolute atomic E-state index is 0.0830. The van der Waals surface area contributed by atoms with Crippen molar-refractivity contribution in [3.8, 4) is 0 Å². The van der Waals surface area contributed by atoms with Crippen LogP contribution in [0.3, 0.4) is 0 Å². The van der Waals surface area contributed by atoms with Crippen LogP contribution in [-0.2, 0) is 6.61 Å². The van der Waals surface area contributed by atoms with Gasteiger partial charge in [-0.3, -0.25) is 4.79 Å². The smallest absolute Gasteiger partial charge is 0.256 e. The first-order chi connectivity index (χ1) is 17.1. The third-order valence-electron chi connectivity index (χ3n) is 5.55. The fourth-order valence-electron chi connectivity index (χ4n) is 3.85. The first-order valence-electron chi connectivity index (χ1n) is 11.4. The van der Waals surface area contributed by atoms with E-state index in [-0.39, 0.29) is 18.1 Å². The van der Waals surface area contributed by atoms with E-state index >= 15 is 0 Å². The van der Waals surface area contributed by atoms with Gasteiger partial charge in [0.2, 0.25) is 5.95 Å². The number of amides is 1. The normalized spacial score (nSPS) is 13.2. The second-order valence-corrected chi connectivity index (χ2v) is 8.07. The highest BCUT2D eigenvalue weighted by atomic mass is 16.3. The number of nitrogen functional groups attached to an aromatic ring is 1. The first kappa shape index (κ1) is 24.0. The number of piperazine rings is 1. The number of benzene rings is 2. The molecule has 0 bridgehead atoms. The molecular formula is C25H30N8O2. The third-order valence-corrected chi connectivity index (χ3v) is 5.55. The average molecular weight is 475 g/mol. The third kappa shape index (κ3) is 6.05. The fourth-order valence-corrected chi connectivity index (χ4v) is 3.85. The van der Waals surface area contributed by atoms with Crippen LogP contribution in [0.5, 0.6) is 0 Å². The Bertz CT molecular complexity index is 1190. The Morgan fingerprint density at radius 1 is 1.17 bits per heavy atom. The van der Waals surface area contributed by atoms with Crippen molar-refractivity contribution in [1.29, 1.82) is 0 Å². The van der Waals surface area contributed by atoms with Crippen molar-refractivity contribution in [2.24, 2.45) is 0 Å². The molecule has 0 aliphatic carbocycles. The number of carbonyl (C=O) groups excluding carboxylic acids is 1. The number of anilines is 6. The van der Waals surface area contributed by atoms with E-state index in [4.69, 9.17) is 5.73 Å². The number of aromatic nitrogens is 2. The topological polar surface area (TPSA) is 140 Å². The molecule has 0 radical (unpaired) electrons. The summed E-state index contributed by atoms with van der Waals surface area (Å²) >= 11 is 0. The van der Waals surface area contributed by atoms with Crippen LogP contribution in [0.1, 0.15) is 15.9 Å². The molecule has 7 N–H and O–H groups in total. The summed E-state index contributed by atoms with van der Waals surface area (Å²) in [4.78, 5) is 23.8. The highest BCUT2D eigenvalue weighted by Crippen LogP contribution is 2.27. The van der Waals surface area contributed by atoms with Gasteiger partial charge in [0.25, 0.3) is 5.91 Å². The summed E-state index contributed by atoms with van der Waals surface area (Å²) in [5, 5.41) is 22.4. The summed E-state index contributed by atoms with van der Waals surface area (Å²) in [6.07, 6.45) is 3.06. The summed E-state index contributed by atoms with van der Waals surface area (Å²) in [6, 6.07) is 13.0. The van der Waals surface area contributed by atoms with E-state index < -0.39 is 0 Å². The van der Waals surface area contributed by atoms with Crippen LogP contribution in [0.4, 0.5) is 34.5 Å². The maximum absolute atomic E-state index is 12.7. The van der Waals surface area contributed by atoms with Gasteiger partial charge in [0.05, 0.1) is 6.61 Å². The molecule has 2 aromatic carbocycles. The van der Waals surface area contributed by atoms with E-state index in [0.717, 1.165) is 43.1 Å². The average Bonchev–Trinajstić information content (AvgIpc) is 2.88. The van der Waals surface area contributed by atoms with Crippen molar-refractivity contribution in [1.82, 2.24) is 20.6 Å². The Morgan fingerprint density at radius 3 is 2.71 bits per heavy atom. The highest BCUT2D eigenvalue weighted by molar-refractivity contribution is 5.99. The highest BCUT2D eigenvalue weighted by Gasteiger charge is 2.17. The number of aliphatic hydroxyl groups excluding tert-OH is 1. The summed E-state index contributed by atoms with van der Waals surface area (Å²) in [7, 11) is 0. The van der Waals surface area contributed by atoms with Gasteiger partial charge in [-0.15, -0.1) is 6.58 Å². The monoisotopic (exact) mass is 474 g/mol. The molecule has 10 heteroatoms. The van der Waals surface area contributed by atoms with Crippen molar-refractivity contribution in [3.63, 3.8) is 0 Å². The molecular weight excluding hydrogens is 444 g/mol. The summed E-state index contributed by atoms with van der Waals surface area (Å²) in [5.41, 5.74) is 10.0. The largest absolute Gasteiger partial charge is 0.399 e. The number of nitrogens with one attached hydrogen (secondary N) is 4. The van der Waals surface area contributed by atoms with Gasteiger partial charge in [-0.1, -0.05) is 12.1 Å². The number of hydrogen-bond donors (Lipinski definition) is 6. The molecule has 3 aromatic rings. The van der Waals surface area contributed by atoms with E-state index in [1.165, 1.54) is 6.20 Å².